The van der Waals surface area contributed by atoms with Crippen LogP contribution in [0.2, 0.25) is 0 Å². The van der Waals surface area contributed by atoms with Gasteiger partial charge in [-0.15, -0.1) is 11.8 Å². The molecule has 4 fully saturated rings. The van der Waals surface area contributed by atoms with Gasteiger partial charge in [0.25, 0.3) is 0 Å². The molecule has 4 heteroatoms. The van der Waals surface area contributed by atoms with Crippen molar-refractivity contribution in [3.63, 3.8) is 0 Å². The molecule has 3 nitrogen and oxygen atoms in total. The predicted octanol–water partition coefficient (Wildman–Crippen LogP) is 7.15. The van der Waals surface area contributed by atoms with Crippen LogP contribution in [0.25, 0.3) is 22.3 Å². The van der Waals surface area contributed by atoms with Crippen LogP contribution in [-0.4, -0.2) is 22.8 Å². The smallest absolute Gasteiger partial charge is 0.221 e. The fraction of sp³-hybridized carbons (Fsp3) is 0.387. The summed E-state index contributed by atoms with van der Waals surface area (Å²) in [7, 11) is 0. The SMILES string of the molecule is O=C(CCSc1cc(-c2ccccc2)c(O)c(-c2ccccc2)c1)NC1C2CC3CC(C2)CC1C3. The van der Waals surface area contributed by atoms with Crippen molar-refractivity contribution in [2.45, 2.75) is 49.5 Å². The maximum atomic E-state index is 12.9. The van der Waals surface area contributed by atoms with E-state index in [9.17, 15) is 9.90 Å². The first kappa shape index (κ1) is 22.7. The second-order valence-electron chi connectivity index (χ2n) is 10.7. The number of phenolic OH excluding ortho intramolecular Hbond substituents is 1. The molecule has 180 valence electrons. The van der Waals surface area contributed by atoms with E-state index in [4.69, 9.17) is 0 Å². The summed E-state index contributed by atoms with van der Waals surface area (Å²) in [5.74, 6) is 4.49. The Morgan fingerprint density at radius 2 is 1.31 bits per heavy atom. The number of nitrogens with one attached hydrogen (secondary N) is 1. The lowest BCUT2D eigenvalue weighted by Gasteiger charge is -2.54. The summed E-state index contributed by atoms with van der Waals surface area (Å²) in [6, 6.07) is 24.5. The van der Waals surface area contributed by atoms with Crippen LogP contribution in [-0.2, 0) is 4.79 Å². The Bertz CT molecular complexity index is 1100. The highest BCUT2D eigenvalue weighted by Gasteiger charge is 2.48. The summed E-state index contributed by atoms with van der Waals surface area (Å²) in [6.07, 6.45) is 7.26. The Labute approximate surface area is 212 Å². The van der Waals surface area contributed by atoms with Crippen molar-refractivity contribution in [2.75, 3.05) is 5.75 Å². The maximum absolute atomic E-state index is 12.9. The van der Waals surface area contributed by atoms with Gasteiger partial charge in [-0.3, -0.25) is 4.79 Å². The minimum Gasteiger partial charge on any atom is -0.507 e. The number of thioether (sulfide) groups is 1. The first-order chi connectivity index (χ1) is 17.1. The molecule has 2 N–H and O–H groups in total. The van der Waals surface area contributed by atoms with Gasteiger partial charge in [0.2, 0.25) is 5.91 Å². The second kappa shape index (κ2) is 9.73. The van der Waals surface area contributed by atoms with Gasteiger partial charge >= 0.3 is 0 Å². The van der Waals surface area contributed by atoms with E-state index in [1.54, 1.807) is 11.8 Å². The van der Waals surface area contributed by atoms with Crippen LogP contribution in [0.4, 0.5) is 0 Å². The molecule has 0 aromatic heterocycles. The Morgan fingerprint density at radius 1 is 0.800 bits per heavy atom. The highest BCUT2D eigenvalue weighted by atomic mass is 32.2. The molecular weight excluding hydrogens is 450 g/mol. The zero-order valence-corrected chi connectivity index (χ0v) is 20.8. The highest BCUT2D eigenvalue weighted by Crippen LogP contribution is 2.53. The third-order valence-corrected chi connectivity index (χ3v) is 9.38. The number of rotatable bonds is 7. The zero-order chi connectivity index (χ0) is 23.8. The fourth-order valence-corrected chi connectivity index (χ4v) is 7.97. The van der Waals surface area contributed by atoms with E-state index < -0.39 is 0 Å². The first-order valence-corrected chi connectivity index (χ1v) is 14.0. The van der Waals surface area contributed by atoms with Gasteiger partial charge in [-0.25, -0.2) is 0 Å². The summed E-state index contributed by atoms with van der Waals surface area (Å²) in [6.45, 7) is 0. The fourth-order valence-electron chi connectivity index (χ4n) is 7.05. The molecule has 0 saturated heterocycles. The van der Waals surface area contributed by atoms with Gasteiger partial charge in [0.05, 0.1) is 0 Å². The normalized spacial score (nSPS) is 26.6. The molecule has 3 aromatic rings. The van der Waals surface area contributed by atoms with Crippen molar-refractivity contribution in [3.05, 3.63) is 72.8 Å². The highest BCUT2D eigenvalue weighted by molar-refractivity contribution is 7.99. The third kappa shape index (κ3) is 4.73. The van der Waals surface area contributed by atoms with Crippen LogP contribution < -0.4 is 5.32 Å². The van der Waals surface area contributed by atoms with Gasteiger partial charge in [0.15, 0.2) is 0 Å². The molecule has 4 aliphatic rings. The molecule has 4 bridgehead atoms. The Morgan fingerprint density at radius 3 is 1.83 bits per heavy atom. The topological polar surface area (TPSA) is 49.3 Å². The van der Waals surface area contributed by atoms with Crippen molar-refractivity contribution in [3.8, 4) is 28.0 Å². The van der Waals surface area contributed by atoms with E-state index in [0.29, 0.717) is 30.0 Å². The molecule has 4 aliphatic carbocycles. The van der Waals surface area contributed by atoms with E-state index in [1.165, 1.54) is 32.1 Å². The molecule has 4 saturated carbocycles. The summed E-state index contributed by atoms with van der Waals surface area (Å²) in [5, 5.41) is 14.6. The van der Waals surface area contributed by atoms with Gasteiger partial charge in [-0.05, 0) is 79.0 Å². The molecule has 1 amide bonds. The van der Waals surface area contributed by atoms with Crippen molar-refractivity contribution in [1.29, 1.82) is 0 Å². The van der Waals surface area contributed by atoms with Crippen molar-refractivity contribution >= 4 is 17.7 Å². The van der Waals surface area contributed by atoms with Crippen molar-refractivity contribution in [2.24, 2.45) is 23.7 Å². The molecule has 35 heavy (non-hydrogen) atoms. The lowest BCUT2D eigenvalue weighted by molar-refractivity contribution is -0.124. The molecule has 7 rings (SSSR count). The Kier molecular flexibility index (Phi) is 6.32. The summed E-state index contributed by atoms with van der Waals surface area (Å²) < 4.78 is 0. The monoisotopic (exact) mass is 483 g/mol. The van der Waals surface area contributed by atoms with Crippen molar-refractivity contribution in [1.82, 2.24) is 5.32 Å². The van der Waals surface area contributed by atoms with E-state index in [2.05, 4.69) is 17.4 Å². The molecule has 0 heterocycles. The van der Waals surface area contributed by atoms with E-state index >= 15 is 0 Å². The van der Waals surface area contributed by atoms with Crippen LogP contribution in [0.15, 0.2) is 77.7 Å². The number of aromatic hydroxyl groups is 1. The second-order valence-corrected chi connectivity index (χ2v) is 11.9. The number of amides is 1. The quantitative estimate of drug-likeness (QED) is 0.351. The zero-order valence-electron chi connectivity index (χ0n) is 20.0. The van der Waals surface area contributed by atoms with Crippen LogP contribution in [0.5, 0.6) is 5.75 Å². The average Bonchev–Trinajstić information content (AvgIpc) is 2.87. The Hall–Kier alpha value is -2.72. The predicted molar refractivity (Wildman–Crippen MR) is 143 cm³/mol. The number of phenols is 1. The van der Waals surface area contributed by atoms with Crippen LogP contribution in [0.3, 0.4) is 0 Å². The lowest BCUT2D eigenvalue weighted by atomic mass is 9.54. The summed E-state index contributed by atoms with van der Waals surface area (Å²) in [5.41, 5.74) is 3.63. The van der Waals surface area contributed by atoms with E-state index in [1.807, 2.05) is 60.7 Å². The standard InChI is InChI=1S/C31H33NO2S/c33-29(32-30-24-14-20-13-21(16-24)17-25(30)15-20)11-12-35-26-18-27(22-7-3-1-4-8-22)31(34)28(19-26)23-9-5-2-6-10-23/h1-10,18-21,24-25,30,34H,11-17H2,(H,32,33). The number of hydrogen-bond acceptors (Lipinski definition) is 3. The van der Waals surface area contributed by atoms with Crippen molar-refractivity contribution < 1.29 is 9.90 Å². The van der Waals surface area contributed by atoms with Crippen LogP contribution in [0.1, 0.15) is 38.5 Å². The largest absolute Gasteiger partial charge is 0.507 e. The Balaban J connectivity index is 1.15. The summed E-state index contributed by atoms with van der Waals surface area (Å²) in [4.78, 5) is 14.0. The molecule has 0 spiro atoms. The number of benzene rings is 3. The third-order valence-electron chi connectivity index (χ3n) is 8.41. The first-order valence-electron chi connectivity index (χ1n) is 13.0. The van der Waals surface area contributed by atoms with Crippen LogP contribution >= 0.6 is 11.8 Å². The molecule has 0 radical (unpaired) electrons. The van der Waals surface area contributed by atoms with Gasteiger partial charge < -0.3 is 10.4 Å². The van der Waals surface area contributed by atoms with Crippen LogP contribution in [0, 0.1) is 23.7 Å². The van der Waals surface area contributed by atoms with E-state index in [0.717, 1.165) is 44.7 Å². The van der Waals surface area contributed by atoms with E-state index in [-0.39, 0.29) is 5.91 Å². The van der Waals surface area contributed by atoms with Gasteiger partial charge in [-0.2, -0.15) is 0 Å². The summed E-state index contributed by atoms with van der Waals surface area (Å²) >= 11 is 1.69. The minimum absolute atomic E-state index is 0.195. The molecule has 0 aliphatic heterocycles. The minimum atomic E-state index is 0.195. The number of carbonyl (C=O) groups is 1. The molecule has 0 atom stereocenters. The molecule has 3 aromatic carbocycles. The van der Waals surface area contributed by atoms with Gasteiger partial charge in [0, 0.05) is 34.2 Å². The molecule has 0 unspecified atom stereocenters. The van der Waals surface area contributed by atoms with Gasteiger partial charge in [-0.1, -0.05) is 60.7 Å². The number of carbonyl (C=O) groups excluding carboxylic acids is 1. The number of hydrogen-bond donors (Lipinski definition) is 2. The molecular formula is C31H33NO2S. The average molecular weight is 484 g/mol. The van der Waals surface area contributed by atoms with Gasteiger partial charge in [0.1, 0.15) is 5.75 Å². The maximum Gasteiger partial charge on any atom is 0.221 e. The lowest BCUT2D eigenvalue weighted by Crippen LogP contribution is -2.55.